The van der Waals surface area contributed by atoms with Gasteiger partial charge in [0.1, 0.15) is 0 Å². The van der Waals surface area contributed by atoms with Crippen LogP contribution in [0.2, 0.25) is 0 Å². The summed E-state index contributed by atoms with van der Waals surface area (Å²) in [6.45, 7) is 6.65. The Morgan fingerprint density at radius 2 is 1.74 bits per heavy atom. The van der Waals surface area contributed by atoms with Gasteiger partial charge in [-0.2, -0.15) is 0 Å². The number of benzene rings is 1. The van der Waals surface area contributed by atoms with Crippen molar-refractivity contribution in [3.05, 3.63) is 35.4 Å². The predicted octanol–water partition coefficient (Wildman–Crippen LogP) is 2.48. The minimum atomic E-state index is -0.926. The summed E-state index contributed by atoms with van der Waals surface area (Å²) < 4.78 is 0. The standard InChI is InChI=1S/C15H21NO3/c1-15(2,3)10-13(17)16-9-8-11-4-6-12(7-5-11)14(18)19/h4-7H,8-10H2,1-3H3,(H,16,17)(H,18,19). The maximum absolute atomic E-state index is 11.6. The van der Waals surface area contributed by atoms with E-state index in [4.69, 9.17) is 5.11 Å². The maximum atomic E-state index is 11.6. The lowest BCUT2D eigenvalue weighted by molar-refractivity contribution is -0.122. The van der Waals surface area contributed by atoms with Crippen LogP contribution in [0, 0.1) is 5.41 Å². The second kappa shape index (κ2) is 6.36. The average molecular weight is 263 g/mol. The highest BCUT2D eigenvalue weighted by molar-refractivity contribution is 5.87. The van der Waals surface area contributed by atoms with Gasteiger partial charge in [-0.05, 0) is 29.5 Å². The van der Waals surface area contributed by atoms with Crippen molar-refractivity contribution in [1.29, 1.82) is 0 Å². The van der Waals surface area contributed by atoms with Crippen molar-refractivity contribution in [2.45, 2.75) is 33.6 Å². The molecule has 1 rings (SSSR count). The summed E-state index contributed by atoms with van der Waals surface area (Å²) in [6, 6.07) is 6.71. The van der Waals surface area contributed by atoms with E-state index in [-0.39, 0.29) is 16.9 Å². The van der Waals surface area contributed by atoms with Crippen molar-refractivity contribution < 1.29 is 14.7 Å². The summed E-state index contributed by atoms with van der Waals surface area (Å²) in [5, 5.41) is 11.6. The Balaban J connectivity index is 2.37. The Kier molecular flexibility index (Phi) is 5.10. The minimum absolute atomic E-state index is 0.00673. The smallest absolute Gasteiger partial charge is 0.335 e. The van der Waals surface area contributed by atoms with Gasteiger partial charge in [-0.1, -0.05) is 32.9 Å². The Hall–Kier alpha value is -1.84. The first-order valence-corrected chi connectivity index (χ1v) is 6.37. The van der Waals surface area contributed by atoms with Gasteiger partial charge in [-0.15, -0.1) is 0 Å². The maximum Gasteiger partial charge on any atom is 0.335 e. The van der Waals surface area contributed by atoms with Crippen LogP contribution >= 0.6 is 0 Å². The summed E-state index contributed by atoms with van der Waals surface area (Å²) >= 11 is 0. The molecular weight excluding hydrogens is 242 g/mol. The van der Waals surface area contributed by atoms with E-state index in [1.165, 1.54) is 0 Å². The molecule has 1 aromatic carbocycles. The topological polar surface area (TPSA) is 66.4 Å². The average Bonchev–Trinajstić information content (AvgIpc) is 2.27. The van der Waals surface area contributed by atoms with Gasteiger partial charge in [0.05, 0.1) is 5.56 Å². The monoisotopic (exact) mass is 263 g/mol. The third-order valence-corrected chi connectivity index (χ3v) is 2.63. The van der Waals surface area contributed by atoms with Crippen molar-refractivity contribution in [3.63, 3.8) is 0 Å². The van der Waals surface area contributed by atoms with E-state index in [0.717, 1.165) is 5.56 Å². The Labute approximate surface area is 113 Å². The van der Waals surface area contributed by atoms with Gasteiger partial charge in [0, 0.05) is 13.0 Å². The van der Waals surface area contributed by atoms with Crippen LogP contribution in [0.5, 0.6) is 0 Å². The third kappa shape index (κ3) is 6.04. The molecule has 0 aliphatic heterocycles. The molecule has 0 saturated heterocycles. The SMILES string of the molecule is CC(C)(C)CC(=O)NCCc1ccc(C(=O)O)cc1. The number of carbonyl (C=O) groups excluding carboxylic acids is 1. The largest absolute Gasteiger partial charge is 0.478 e. The number of hydrogen-bond acceptors (Lipinski definition) is 2. The zero-order chi connectivity index (χ0) is 14.5. The molecule has 4 nitrogen and oxygen atoms in total. The van der Waals surface area contributed by atoms with Crippen LogP contribution in [-0.2, 0) is 11.2 Å². The third-order valence-electron chi connectivity index (χ3n) is 2.63. The van der Waals surface area contributed by atoms with Crippen LogP contribution in [-0.4, -0.2) is 23.5 Å². The van der Waals surface area contributed by atoms with Gasteiger partial charge in [0.2, 0.25) is 5.91 Å². The molecule has 4 heteroatoms. The first kappa shape index (κ1) is 15.2. The molecule has 19 heavy (non-hydrogen) atoms. The highest BCUT2D eigenvalue weighted by Gasteiger charge is 2.15. The summed E-state index contributed by atoms with van der Waals surface area (Å²) in [4.78, 5) is 22.3. The number of hydrogen-bond donors (Lipinski definition) is 2. The summed E-state index contributed by atoms with van der Waals surface area (Å²) in [6.07, 6.45) is 1.21. The second-order valence-electron chi connectivity index (χ2n) is 5.84. The zero-order valence-electron chi connectivity index (χ0n) is 11.7. The molecule has 0 saturated carbocycles. The highest BCUT2D eigenvalue weighted by atomic mass is 16.4. The zero-order valence-corrected chi connectivity index (χ0v) is 11.7. The van der Waals surface area contributed by atoms with Crippen LogP contribution in [0.15, 0.2) is 24.3 Å². The van der Waals surface area contributed by atoms with Crippen LogP contribution in [0.1, 0.15) is 43.1 Å². The van der Waals surface area contributed by atoms with Crippen molar-refractivity contribution in [1.82, 2.24) is 5.32 Å². The van der Waals surface area contributed by atoms with Gasteiger partial charge in [-0.25, -0.2) is 4.79 Å². The first-order chi connectivity index (χ1) is 8.78. The van der Waals surface area contributed by atoms with Crippen molar-refractivity contribution >= 4 is 11.9 Å². The number of carbonyl (C=O) groups is 2. The summed E-state index contributed by atoms with van der Waals surface area (Å²) in [5.41, 5.74) is 1.29. The minimum Gasteiger partial charge on any atom is -0.478 e. The molecule has 1 aromatic rings. The molecule has 0 unspecified atom stereocenters. The van der Waals surface area contributed by atoms with Crippen molar-refractivity contribution in [2.75, 3.05) is 6.54 Å². The number of carboxylic acids is 1. The van der Waals surface area contributed by atoms with Crippen LogP contribution in [0.3, 0.4) is 0 Å². The van der Waals surface area contributed by atoms with Gasteiger partial charge >= 0.3 is 5.97 Å². The molecule has 2 N–H and O–H groups in total. The molecule has 0 aliphatic carbocycles. The van der Waals surface area contributed by atoms with Gasteiger partial charge in [0.15, 0.2) is 0 Å². The van der Waals surface area contributed by atoms with E-state index in [2.05, 4.69) is 5.32 Å². The van der Waals surface area contributed by atoms with Crippen molar-refractivity contribution in [3.8, 4) is 0 Å². The fourth-order valence-electron chi connectivity index (χ4n) is 1.70. The molecule has 1 amide bonds. The summed E-state index contributed by atoms with van der Waals surface area (Å²) in [7, 11) is 0. The quantitative estimate of drug-likeness (QED) is 0.857. The molecule has 0 fully saturated rings. The Bertz CT molecular complexity index is 443. The summed E-state index contributed by atoms with van der Waals surface area (Å²) in [5.74, 6) is -0.875. The molecule has 0 atom stereocenters. The van der Waals surface area contributed by atoms with Crippen LogP contribution in [0.25, 0.3) is 0 Å². The van der Waals surface area contributed by atoms with E-state index < -0.39 is 5.97 Å². The molecule has 0 spiro atoms. The van der Waals surface area contributed by atoms with Crippen LogP contribution in [0.4, 0.5) is 0 Å². The van der Waals surface area contributed by atoms with Crippen molar-refractivity contribution in [2.24, 2.45) is 5.41 Å². The van der Waals surface area contributed by atoms with E-state index in [0.29, 0.717) is 19.4 Å². The molecule has 104 valence electrons. The Morgan fingerprint density at radius 1 is 1.16 bits per heavy atom. The first-order valence-electron chi connectivity index (χ1n) is 6.37. The number of rotatable bonds is 5. The van der Waals surface area contributed by atoms with E-state index in [9.17, 15) is 9.59 Å². The normalized spacial score (nSPS) is 11.1. The van der Waals surface area contributed by atoms with E-state index >= 15 is 0 Å². The lowest BCUT2D eigenvalue weighted by atomic mass is 9.92. The van der Waals surface area contributed by atoms with E-state index in [1.54, 1.807) is 24.3 Å². The number of carboxylic acid groups (broad SMARTS) is 1. The molecule has 0 aliphatic rings. The van der Waals surface area contributed by atoms with Gasteiger partial charge in [-0.3, -0.25) is 4.79 Å². The van der Waals surface area contributed by atoms with Gasteiger partial charge < -0.3 is 10.4 Å². The van der Waals surface area contributed by atoms with Crippen LogP contribution < -0.4 is 5.32 Å². The van der Waals surface area contributed by atoms with E-state index in [1.807, 2.05) is 20.8 Å². The highest BCUT2D eigenvalue weighted by Crippen LogP contribution is 2.17. The predicted molar refractivity (Wildman–Crippen MR) is 74.2 cm³/mol. The molecule has 0 radical (unpaired) electrons. The molecule has 0 bridgehead atoms. The molecular formula is C15H21NO3. The number of amides is 1. The molecule has 0 heterocycles. The number of nitrogens with one attached hydrogen (secondary N) is 1. The fraction of sp³-hybridized carbons (Fsp3) is 0.467. The second-order valence-corrected chi connectivity index (χ2v) is 5.84. The Morgan fingerprint density at radius 3 is 2.21 bits per heavy atom. The lowest BCUT2D eigenvalue weighted by Crippen LogP contribution is -2.29. The lowest BCUT2D eigenvalue weighted by Gasteiger charge is -2.17. The van der Waals surface area contributed by atoms with Gasteiger partial charge in [0.25, 0.3) is 0 Å². The number of aromatic carboxylic acids is 1. The fourth-order valence-corrected chi connectivity index (χ4v) is 1.70. The molecule has 0 aromatic heterocycles.